The number of ketones is 1. The van der Waals surface area contributed by atoms with Crippen LogP contribution in [0.25, 0.3) is 0 Å². The minimum absolute atomic E-state index is 0.0772. The van der Waals surface area contributed by atoms with E-state index < -0.39 is 41.0 Å². The van der Waals surface area contributed by atoms with Crippen molar-refractivity contribution in [2.45, 2.75) is 19.7 Å². The fourth-order valence-corrected chi connectivity index (χ4v) is 1.41. The molecule has 1 aromatic carbocycles. The lowest BCUT2D eigenvalue weighted by Crippen LogP contribution is -2.15. The highest BCUT2D eigenvalue weighted by atomic mass is 19.4. The standard InChI is InChI=1S/C11H7F5O3/c1-5(18)7-2-6(4-17)3-8(11(14,15)16)9(7)19-10(12)13/h2-4,10H,1H3. The molecule has 3 nitrogen and oxygen atoms in total. The molecule has 0 saturated heterocycles. The first kappa shape index (κ1) is 15.1. The van der Waals surface area contributed by atoms with Gasteiger partial charge in [0.05, 0.1) is 11.1 Å². The van der Waals surface area contributed by atoms with Crippen LogP contribution in [0.4, 0.5) is 22.0 Å². The molecule has 0 atom stereocenters. The molecule has 0 aromatic heterocycles. The second-order valence-electron chi connectivity index (χ2n) is 3.50. The van der Waals surface area contributed by atoms with Crippen LogP contribution in [-0.4, -0.2) is 18.7 Å². The van der Waals surface area contributed by atoms with E-state index >= 15 is 0 Å². The maximum Gasteiger partial charge on any atom is 0.420 e. The first-order valence-electron chi connectivity index (χ1n) is 4.83. The normalized spacial score (nSPS) is 11.5. The zero-order valence-electron chi connectivity index (χ0n) is 9.42. The summed E-state index contributed by atoms with van der Waals surface area (Å²) in [6.07, 6.45) is -4.96. The van der Waals surface area contributed by atoms with Gasteiger partial charge >= 0.3 is 12.8 Å². The highest BCUT2D eigenvalue weighted by molar-refractivity contribution is 5.99. The monoisotopic (exact) mass is 282 g/mol. The number of carbonyl (C=O) groups is 2. The van der Waals surface area contributed by atoms with E-state index in [0.29, 0.717) is 6.07 Å². The van der Waals surface area contributed by atoms with Crippen LogP contribution in [0.1, 0.15) is 33.2 Å². The van der Waals surface area contributed by atoms with Crippen molar-refractivity contribution < 1.29 is 36.3 Å². The van der Waals surface area contributed by atoms with Gasteiger partial charge in [0.25, 0.3) is 0 Å². The molecule has 0 fully saturated rings. The maximum absolute atomic E-state index is 12.7. The minimum Gasteiger partial charge on any atom is -0.433 e. The van der Waals surface area contributed by atoms with Crippen LogP contribution < -0.4 is 4.74 Å². The Hall–Kier alpha value is -1.99. The van der Waals surface area contributed by atoms with E-state index in [0.717, 1.165) is 13.0 Å². The number of carbonyl (C=O) groups excluding carboxylic acids is 2. The first-order chi connectivity index (χ1) is 8.66. The molecule has 0 spiro atoms. The molecule has 1 rings (SSSR count). The van der Waals surface area contributed by atoms with Crippen molar-refractivity contribution in [2.75, 3.05) is 0 Å². The Bertz CT molecular complexity index is 508. The van der Waals surface area contributed by atoms with E-state index in [1.807, 2.05) is 0 Å². The van der Waals surface area contributed by atoms with E-state index in [1.165, 1.54) is 0 Å². The van der Waals surface area contributed by atoms with Gasteiger partial charge in [0, 0.05) is 5.56 Å². The van der Waals surface area contributed by atoms with Gasteiger partial charge in [-0.2, -0.15) is 22.0 Å². The molecule has 0 aliphatic carbocycles. The summed E-state index contributed by atoms with van der Waals surface area (Å²) in [5.41, 5.74) is -2.78. The molecule has 0 aliphatic rings. The fraction of sp³-hybridized carbons (Fsp3) is 0.273. The van der Waals surface area contributed by atoms with Gasteiger partial charge in [0.1, 0.15) is 12.0 Å². The SMILES string of the molecule is CC(=O)c1cc(C=O)cc(C(F)(F)F)c1OC(F)F. The Balaban J connectivity index is 3.61. The van der Waals surface area contributed by atoms with E-state index in [-0.39, 0.29) is 6.29 Å². The number of Topliss-reactive ketones (excluding diaryl/α,β-unsaturated/α-hetero) is 1. The topological polar surface area (TPSA) is 43.4 Å². The number of alkyl halides is 5. The van der Waals surface area contributed by atoms with E-state index in [2.05, 4.69) is 4.74 Å². The van der Waals surface area contributed by atoms with Gasteiger partial charge in [-0.1, -0.05) is 0 Å². The number of benzene rings is 1. The molecule has 0 amide bonds. The zero-order chi connectivity index (χ0) is 14.8. The third kappa shape index (κ3) is 3.49. The number of halogens is 5. The summed E-state index contributed by atoms with van der Waals surface area (Å²) in [6.45, 7) is -2.65. The van der Waals surface area contributed by atoms with Crippen LogP contribution in [0.15, 0.2) is 12.1 Å². The molecule has 0 heterocycles. The third-order valence-corrected chi connectivity index (χ3v) is 2.14. The van der Waals surface area contributed by atoms with Crippen molar-refractivity contribution in [2.24, 2.45) is 0 Å². The second-order valence-corrected chi connectivity index (χ2v) is 3.50. The summed E-state index contributed by atoms with van der Waals surface area (Å²) in [4.78, 5) is 21.7. The quantitative estimate of drug-likeness (QED) is 0.483. The number of hydrogen-bond acceptors (Lipinski definition) is 3. The summed E-state index contributed by atoms with van der Waals surface area (Å²) < 4.78 is 66.2. The smallest absolute Gasteiger partial charge is 0.420 e. The fourth-order valence-electron chi connectivity index (χ4n) is 1.41. The van der Waals surface area contributed by atoms with Gasteiger partial charge in [-0.15, -0.1) is 0 Å². The Morgan fingerprint density at radius 3 is 2.26 bits per heavy atom. The Morgan fingerprint density at radius 2 is 1.89 bits per heavy atom. The van der Waals surface area contributed by atoms with Gasteiger partial charge in [-0.3, -0.25) is 9.59 Å². The highest BCUT2D eigenvalue weighted by Gasteiger charge is 2.37. The third-order valence-electron chi connectivity index (χ3n) is 2.14. The summed E-state index contributed by atoms with van der Waals surface area (Å²) in [5, 5.41) is 0. The predicted molar refractivity (Wildman–Crippen MR) is 53.5 cm³/mol. The van der Waals surface area contributed by atoms with Gasteiger partial charge in [-0.25, -0.2) is 0 Å². The van der Waals surface area contributed by atoms with Gasteiger partial charge in [-0.05, 0) is 19.1 Å². The van der Waals surface area contributed by atoms with Crippen LogP contribution in [-0.2, 0) is 6.18 Å². The average Bonchev–Trinajstić information content (AvgIpc) is 2.26. The van der Waals surface area contributed by atoms with Gasteiger partial charge in [0.15, 0.2) is 5.78 Å². The molecule has 1 aromatic rings. The lowest BCUT2D eigenvalue weighted by molar-refractivity contribution is -0.141. The Kier molecular flexibility index (Phi) is 4.23. The summed E-state index contributed by atoms with van der Waals surface area (Å²) in [5.74, 6) is -2.20. The molecular weight excluding hydrogens is 275 g/mol. The van der Waals surface area contributed by atoms with Crippen LogP contribution in [0.2, 0.25) is 0 Å². The molecule has 0 radical (unpaired) electrons. The minimum atomic E-state index is -5.03. The number of rotatable bonds is 4. The van der Waals surface area contributed by atoms with Crippen LogP contribution >= 0.6 is 0 Å². The molecule has 0 N–H and O–H groups in total. The van der Waals surface area contributed by atoms with Crippen molar-refractivity contribution in [3.8, 4) is 5.75 Å². The van der Waals surface area contributed by atoms with Gasteiger partial charge < -0.3 is 4.74 Å². The predicted octanol–water partition coefficient (Wildman–Crippen LogP) is 3.32. The van der Waals surface area contributed by atoms with E-state index in [1.54, 1.807) is 0 Å². The summed E-state index contributed by atoms with van der Waals surface area (Å²) in [7, 11) is 0. The maximum atomic E-state index is 12.7. The molecule has 104 valence electrons. The molecule has 0 bridgehead atoms. The van der Waals surface area contributed by atoms with Crippen molar-refractivity contribution in [3.63, 3.8) is 0 Å². The summed E-state index contributed by atoms with van der Waals surface area (Å²) in [6, 6.07) is 1.11. The second kappa shape index (κ2) is 5.33. The largest absolute Gasteiger partial charge is 0.433 e. The molecule has 8 heteroatoms. The molecule has 19 heavy (non-hydrogen) atoms. The van der Waals surface area contributed by atoms with Gasteiger partial charge in [0.2, 0.25) is 0 Å². The summed E-state index contributed by atoms with van der Waals surface area (Å²) >= 11 is 0. The Morgan fingerprint density at radius 1 is 1.32 bits per heavy atom. The van der Waals surface area contributed by atoms with Crippen LogP contribution in [0.3, 0.4) is 0 Å². The first-order valence-corrected chi connectivity index (χ1v) is 4.83. The molecular formula is C11H7F5O3. The number of aldehydes is 1. The average molecular weight is 282 g/mol. The zero-order valence-corrected chi connectivity index (χ0v) is 9.42. The van der Waals surface area contributed by atoms with Crippen LogP contribution in [0.5, 0.6) is 5.75 Å². The molecule has 0 aliphatic heterocycles. The Labute approximate surface area is 104 Å². The van der Waals surface area contributed by atoms with E-state index in [4.69, 9.17) is 0 Å². The molecule has 0 unspecified atom stereocenters. The van der Waals surface area contributed by atoms with Crippen molar-refractivity contribution in [3.05, 3.63) is 28.8 Å². The van der Waals surface area contributed by atoms with Crippen molar-refractivity contribution >= 4 is 12.1 Å². The lowest BCUT2D eigenvalue weighted by Gasteiger charge is -2.16. The van der Waals surface area contributed by atoms with E-state index in [9.17, 15) is 31.5 Å². The lowest BCUT2D eigenvalue weighted by atomic mass is 10.0. The number of ether oxygens (including phenoxy) is 1. The number of hydrogen-bond donors (Lipinski definition) is 0. The highest BCUT2D eigenvalue weighted by Crippen LogP contribution is 2.39. The molecule has 0 saturated carbocycles. The van der Waals surface area contributed by atoms with Crippen molar-refractivity contribution in [1.29, 1.82) is 0 Å². The van der Waals surface area contributed by atoms with Crippen LogP contribution in [0, 0.1) is 0 Å². The van der Waals surface area contributed by atoms with Crippen molar-refractivity contribution in [1.82, 2.24) is 0 Å².